The Kier molecular flexibility index (Phi) is 4.25. The molecule has 0 amide bonds. The molecule has 1 atom stereocenters. The average Bonchev–Trinajstić information content (AvgIpc) is 2.62. The zero-order chi connectivity index (χ0) is 16.3. The van der Waals surface area contributed by atoms with Crippen molar-refractivity contribution in [3.8, 4) is 6.07 Å². The lowest BCUT2D eigenvalue weighted by Crippen LogP contribution is -2.28. The van der Waals surface area contributed by atoms with Crippen LogP contribution in [0.1, 0.15) is 36.0 Å². The van der Waals surface area contributed by atoms with E-state index in [1.807, 2.05) is 42.5 Å². The van der Waals surface area contributed by atoms with Crippen molar-refractivity contribution in [1.29, 1.82) is 5.26 Å². The van der Waals surface area contributed by atoms with Crippen LogP contribution in [0.25, 0.3) is 5.57 Å². The third-order valence-electron chi connectivity index (χ3n) is 4.38. The Morgan fingerprint density at radius 2 is 1.70 bits per heavy atom. The summed E-state index contributed by atoms with van der Waals surface area (Å²) in [5, 5.41) is 8.82. The topological polar surface area (TPSA) is 23.8 Å². The van der Waals surface area contributed by atoms with Crippen molar-refractivity contribution in [3.05, 3.63) is 77.4 Å². The van der Waals surface area contributed by atoms with Gasteiger partial charge in [0.15, 0.2) is 0 Å². The molecular formula is C20H17F2N. The van der Waals surface area contributed by atoms with E-state index in [9.17, 15) is 0 Å². The van der Waals surface area contributed by atoms with Crippen LogP contribution >= 0.6 is 0 Å². The molecule has 0 N–H and O–H groups in total. The third-order valence-corrected chi connectivity index (χ3v) is 4.38. The zero-order valence-corrected chi connectivity index (χ0v) is 12.7. The molecule has 2 aromatic carbocycles. The maximum absolute atomic E-state index is 15.1. The number of nitriles is 1. The maximum atomic E-state index is 15.1. The van der Waals surface area contributed by atoms with Gasteiger partial charge in [-0.3, -0.25) is 0 Å². The molecule has 0 radical (unpaired) electrons. The van der Waals surface area contributed by atoms with Crippen LogP contribution in [0.4, 0.5) is 8.78 Å². The van der Waals surface area contributed by atoms with E-state index in [0.29, 0.717) is 12.0 Å². The summed E-state index contributed by atoms with van der Waals surface area (Å²) >= 11 is 0. The van der Waals surface area contributed by atoms with Gasteiger partial charge in [-0.1, -0.05) is 48.5 Å². The van der Waals surface area contributed by atoms with Gasteiger partial charge in [0.2, 0.25) is 0 Å². The first-order valence-corrected chi connectivity index (χ1v) is 7.77. The van der Waals surface area contributed by atoms with Crippen LogP contribution in [0.2, 0.25) is 0 Å². The van der Waals surface area contributed by atoms with E-state index in [0.717, 1.165) is 24.0 Å². The monoisotopic (exact) mass is 309 g/mol. The highest BCUT2D eigenvalue weighted by Crippen LogP contribution is 2.47. The lowest BCUT2D eigenvalue weighted by molar-refractivity contribution is -0.0474. The molecule has 0 bridgehead atoms. The van der Waals surface area contributed by atoms with Crippen LogP contribution in [-0.2, 0) is 5.92 Å². The summed E-state index contributed by atoms with van der Waals surface area (Å²) in [4.78, 5) is 0. The third kappa shape index (κ3) is 3.03. The summed E-state index contributed by atoms with van der Waals surface area (Å²) in [5.74, 6) is -3.78. The number of alkyl halides is 2. The second-order valence-corrected chi connectivity index (χ2v) is 5.82. The Morgan fingerprint density at radius 1 is 1.00 bits per heavy atom. The molecule has 0 saturated carbocycles. The van der Waals surface area contributed by atoms with Gasteiger partial charge >= 0.3 is 0 Å². The van der Waals surface area contributed by atoms with Crippen LogP contribution in [0.15, 0.2) is 60.7 Å². The van der Waals surface area contributed by atoms with Crippen molar-refractivity contribution in [2.45, 2.75) is 25.2 Å². The van der Waals surface area contributed by atoms with Gasteiger partial charge in [-0.15, -0.1) is 0 Å². The number of nitrogens with zero attached hydrogens (tertiary/aromatic N) is 1. The fourth-order valence-electron chi connectivity index (χ4n) is 3.17. The molecule has 0 fully saturated rings. The predicted molar refractivity (Wildman–Crippen MR) is 86.8 cm³/mol. The number of hydrogen-bond donors (Lipinski definition) is 0. The van der Waals surface area contributed by atoms with Gasteiger partial charge in [-0.05, 0) is 42.5 Å². The first kappa shape index (κ1) is 15.4. The highest BCUT2D eigenvalue weighted by atomic mass is 19.3. The molecule has 23 heavy (non-hydrogen) atoms. The lowest BCUT2D eigenvalue weighted by atomic mass is 9.77. The fourth-order valence-corrected chi connectivity index (χ4v) is 3.17. The molecule has 1 aliphatic carbocycles. The van der Waals surface area contributed by atoms with E-state index in [-0.39, 0.29) is 5.56 Å². The van der Waals surface area contributed by atoms with Gasteiger partial charge in [0, 0.05) is 5.56 Å². The summed E-state index contributed by atoms with van der Waals surface area (Å²) < 4.78 is 30.2. The second-order valence-electron chi connectivity index (χ2n) is 5.82. The van der Waals surface area contributed by atoms with Crippen LogP contribution in [-0.4, -0.2) is 0 Å². The molecule has 2 aromatic rings. The summed E-state index contributed by atoms with van der Waals surface area (Å²) in [7, 11) is 0. The smallest absolute Gasteiger partial charge is 0.201 e. The van der Waals surface area contributed by atoms with Crippen molar-refractivity contribution in [2.75, 3.05) is 0 Å². The molecule has 0 saturated heterocycles. The van der Waals surface area contributed by atoms with Crippen LogP contribution in [0, 0.1) is 17.2 Å². The Balaban J connectivity index is 1.98. The number of hydrogen-bond acceptors (Lipinski definition) is 1. The van der Waals surface area contributed by atoms with Gasteiger partial charge in [0.25, 0.3) is 5.92 Å². The molecule has 1 unspecified atom stereocenters. The van der Waals surface area contributed by atoms with Crippen molar-refractivity contribution in [3.63, 3.8) is 0 Å². The van der Waals surface area contributed by atoms with E-state index in [4.69, 9.17) is 5.26 Å². The summed E-state index contributed by atoms with van der Waals surface area (Å²) in [6.07, 6.45) is 4.02. The lowest BCUT2D eigenvalue weighted by Gasteiger charge is -2.32. The predicted octanol–water partition coefficient (Wildman–Crippen LogP) is 5.53. The molecule has 116 valence electrons. The highest BCUT2D eigenvalue weighted by molar-refractivity contribution is 5.69. The van der Waals surface area contributed by atoms with Crippen LogP contribution in [0.5, 0.6) is 0 Å². The number of benzene rings is 2. The summed E-state index contributed by atoms with van der Waals surface area (Å²) in [6.45, 7) is 0. The molecule has 0 heterocycles. The minimum absolute atomic E-state index is 0.0229. The molecule has 3 rings (SSSR count). The van der Waals surface area contributed by atoms with Crippen molar-refractivity contribution < 1.29 is 8.78 Å². The van der Waals surface area contributed by atoms with Gasteiger partial charge in [0.1, 0.15) is 0 Å². The Morgan fingerprint density at radius 3 is 2.35 bits per heavy atom. The maximum Gasteiger partial charge on any atom is 0.279 e. The normalized spacial score (nSPS) is 18.1. The van der Waals surface area contributed by atoms with Crippen molar-refractivity contribution >= 4 is 5.57 Å². The molecule has 3 heteroatoms. The SMILES string of the molecule is N#Cc1ccc(C(F)(F)C2CCCC=C2c2ccccc2)cc1. The standard InChI is InChI=1S/C20H17F2N/c21-20(22,17-12-10-15(14-23)11-13-17)19-9-5-4-8-18(19)16-6-2-1-3-7-16/h1-3,6-8,10-13,19H,4-5,9H2. The zero-order valence-electron chi connectivity index (χ0n) is 12.7. The summed E-state index contributed by atoms with van der Waals surface area (Å²) in [5.41, 5.74) is 1.97. The molecule has 1 nitrogen and oxygen atoms in total. The van der Waals surface area contributed by atoms with Crippen molar-refractivity contribution in [2.24, 2.45) is 5.92 Å². The quantitative estimate of drug-likeness (QED) is 0.731. The molecule has 1 aliphatic rings. The van der Waals surface area contributed by atoms with E-state index in [2.05, 4.69) is 0 Å². The Labute approximate surface area is 134 Å². The summed E-state index contributed by atoms with van der Waals surface area (Å²) in [6, 6.07) is 17.0. The number of halogens is 2. The van der Waals surface area contributed by atoms with E-state index in [1.165, 1.54) is 24.3 Å². The molecular weight excluding hydrogens is 292 g/mol. The van der Waals surface area contributed by atoms with Gasteiger partial charge in [-0.25, -0.2) is 8.78 Å². The first-order valence-electron chi connectivity index (χ1n) is 7.77. The van der Waals surface area contributed by atoms with Crippen molar-refractivity contribution in [1.82, 2.24) is 0 Å². The molecule has 0 spiro atoms. The largest absolute Gasteiger partial charge is 0.279 e. The van der Waals surface area contributed by atoms with Gasteiger partial charge < -0.3 is 0 Å². The minimum Gasteiger partial charge on any atom is -0.201 e. The van der Waals surface area contributed by atoms with Crippen LogP contribution < -0.4 is 0 Å². The molecule has 0 aliphatic heterocycles. The average molecular weight is 309 g/mol. The second kappa shape index (κ2) is 6.34. The first-order chi connectivity index (χ1) is 11.1. The van der Waals surface area contributed by atoms with Gasteiger partial charge in [-0.2, -0.15) is 5.26 Å². The van der Waals surface area contributed by atoms with Gasteiger partial charge in [0.05, 0.1) is 17.6 Å². The Bertz CT molecular complexity index is 739. The molecule has 0 aromatic heterocycles. The highest BCUT2D eigenvalue weighted by Gasteiger charge is 2.43. The van der Waals surface area contributed by atoms with E-state index in [1.54, 1.807) is 0 Å². The van der Waals surface area contributed by atoms with Crippen LogP contribution in [0.3, 0.4) is 0 Å². The minimum atomic E-state index is -2.95. The van der Waals surface area contributed by atoms with E-state index >= 15 is 8.78 Å². The Hall–Kier alpha value is -2.47. The van der Waals surface area contributed by atoms with E-state index < -0.39 is 11.8 Å². The fraction of sp³-hybridized carbons (Fsp3) is 0.250. The number of rotatable bonds is 3. The number of allylic oxidation sites excluding steroid dienone is 2.